The van der Waals surface area contributed by atoms with E-state index < -0.39 is 0 Å². The Morgan fingerprint density at radius 3 is 2.52 bits per heavy atom. The molecule has 1 aromatic heterocycles. The zero-order chi connectivity index (χ0) is 15.5. The van der Waals surface area contributed by atoms with Crippen LogP contribution in [0.4, 0.5) is 0 Å². The minimum atomic E-state index is 0.765. The lowest BCUT2D eigenvalue weighted by atomic mass is 10.0. The number of rotatable bonds is 4. The molecule has 1 aliphatic carbocycles. The number of nitrogens with zero attached hydrogens (tertiary/aromatic N) is 3. The van der Waals surface area contributed by atoms with Crippen molar-refractivity contribution in [3.05, 3.63) is 16.1 Å². The molecule has 2 aliphatic heterocycles. The van der Waals surface area contributed by atoms with Crippen LogP contribution in [0.15, 0.2) is 5.38 Å². The highest BCUT2D eigenvalue weighted by atomic mass is 32.1. The molecule has 1 aromatic rings. The van der Waals surface area contributed by atoms with Crippen LogP contribution in [0.1, 0.15) is 55.1 Å². The molecule has 2 saturated heterocycles. The maximum atomic E-state index is 5.48. The Labute approximate surface area is 143 Å². The van der Waals surface area contributed by atoms with Crippen LogP contribution in [-0.4, -0.2) is 60.2 Å². The fourth-order valence-corrected chi connectivity index (χ4v) is 5.35. The van der Waals surface area contributed by atoms with Gasteiger partial charge in [0.2, 0.25) is 0 Å². The van der Waals surface area contributed by atoms with E-state index in [1.165, 1.54) is 62.3 Å². The quantitative estimate of drug-likeness (QED) is 0.845. The SMILES string of the molecule is c1sc(C2CCCC2)nc1CN1CCC(N2CCOCC2)CC1. The molecule has 3 aliphatic rings. The molecule has 0 amide bonds. The average Bonchev–Trinajstić information content (AvgIpc) is 3.28. The molecule has 4 nitrogen and oxygen atoms in total. The van der Waals surface area contributed by atoms with Crippen molar-refractivity contribution in [2.45, 2.75) is 57.0 Å². The Morgan fingerprint density at radius 1 is 1.04 bits per heavy atom. The molecule has 128 valence electrons. The maximum absolute atomic E-state index is 5.48. The Kier molecular flexibility index (Phi) is 5.29. The molecule has 0 spiro atoms. The number of hydrogen-bond acceptors (Lipinski definition) is 5. The van der Waals surface area contributed by atoms with Gasteiger partial charge in [-0.25, -0.2) is 4.98 Å². The Bertz CT molecular complexity index is 486. The summed E-state index contributed by atoms with van der Waals surface area (Å²) in [5.41, 5.74) is 1.31. The Morgan fingerprint density at radius 2 is 1.78 bits per heavy atom. The van der Waals surface area contributed by atoms with Gasteiger partial charge in [0.25, 0.3) is 0 Å². The molecule has 0 aromatic carbocycles. The van der Waals surface area contributed by atoms with Crippen LogP contribution in [-0.2, 0) is 11.3 Å². The van der Waals surface area contributed by atoms with Crippen molar-refractivity contribution in [1.29, 1.82) is 0 Å². The highest BCUT2D eigenvalue weighted by molar-refractivity contribution is 7.09. The topological polar surface area (TPSA) is 28.6 Å². The van der Waals surface area contributed by atoms with E-state index >= 15 is 0 Å². The largest absolute Gasteiger partial charge is 0.379 e. The van der Waals surface area contributed by atoms with Crippen molar-refractivity contribution >= 4 is 11.3 Å². The summed E-state index contributed by atoms with van der Waals surface area (Å²) < 4.78 is 5.48. The zero-order valence-electron chi connectivity index (χ0n) is 14.1. The van der Waals surface area contributed by atoms with E-state index in [-0.39, 0.29) is 0 Å². The van der Waals surface area contributed by atoms with Crippen LogP contribution in [0.25, 0.3) is 0 Å². The number of piperidine rings is 1. The van der Waals surface area contributed by atoms with Gasteiger partial charge in [0.05, 0.1) is 23.9 Å². The minimum Gasteiger partial charge on any atom is -0.379 e. The summed E-state index contributed by atoms with van der Waals surface area (Å²) >= 11 is 1.90. The predicted molar refractivity (Wildman–Crippen MR) is 94.0 cm³/mol. The van der Waals surface area contributed by atoms with Crippen molar-refractivity contribution in [1.82, 2.24) is 14.8 Å². The van der Waals surface area contributed by atoms with Crippen molar-refractivity contribution in [3.8, 4) is 0 Å². The summed E-state index contributed by atoms with van der Waals surface area (Å²) in [6, 6.07) is 0.777. The summed E-state index contributed by atoms with van der Waals surface area (Å²) in [6.45, 7) is 7.59. The first-order chi connectivity index (χ1) is 11.4. The van der Waals surface area contributed by atoms with E-state index in [0.717, 1.165) is 44.8 Å². The van der Waals surface area contributed by atoms with Gasteiger partial charge in [-0.05, 0) is 25.7 Å². The van der Waals surface area contributed by atoms with E-state index in [4.69, 9.17) is 9.72 Å². The highest BCUT2D eigenvalue weighted by Crippen LogP contribution is 2.35. The maximum Gasteiger partial charge on any atom is 0.0959 e. The fourth-order valence-electron chi connectivity index (χ4n) is 4.37. The summed E-state index contributed by atoms with van der Waals surface area (Å²) in [5.74, 6) is 0.765. The molecular weight excluding hydrogens is 306 g/mol. The number of aromatic nitrogens is 1. The molecule has 0 atom stereocenters. The fraction of sp³-hybridized carbons (Fsp3) is 0.833. The van der Waals surface area contributed by atoms with E-state index in [0.29, 0.717) is 0 Å². The summed E-state index contributed by atoms with van der Waals surface area (Å²) in [5, 5.41) is 3.71. The second kappa shape index (κ2) is 7.60. The van der Waals surface area contributed by atoms with Gasteiger partial charge in [0.15, 0.2) is 0 Å². The molecule has 0 N–H and O–H groups in total. The normalized spacial score (nSPS) is 26.1. The second-order valence-electron chi connectivity index (χ2n) is 7.31. The van der Waals surface area contributed by atoms with Crippen LogP contribution in [0.5, 0.6) is 0 Å². The van der Waals surface area contributed by atoms with E-state index in [9.17, 15) is 0 Å². The van der Waals surface area contributed by atoms with Crippen molar-refractivity contribution in [2.75, 3.05) is 39.4 Å². The van der Waals surface area contributed by atoms with E-state index in [2.05, 4.69) is 15.2 Å². The third kappa shape index (κ3) is 3.95. The van der Waals surface area contributed by atoms with Crippen LogP contribution in [0.2, 0.25) is 0 Å². The molecule has 0 unspecified atom stereocenters. The molecule has 3 heterocycles. The highest BCUT2D eigenvalue weighted by Gasteiger charge is 2.26. The van der Waals surface area contributed by atoms with Gasteiger partial charge < -0.3 is 4.74 Å². The van der Waals surface area contributed by atoms with Crippen LogP contribution in [0.3, 0.4) is 0 Å². The number of ether oxygens (including phenoxy) is 1. The smallest absolute Gasteiger partial charge is 0.0959 e. The molecule has 0 bridgehead atoms. The molecule has 5 heteroatoms. The number of hydrogen-bond donors (Lipinski definition) is 0. The zero-order valence-corrected chi connectivity index (χ0v) is 14.9. The minimum absolute atomic E-state index is 0.765. The monoisotopic (exact) mass is 335 g/mol. The van der Waals surface area contributed by atoms with Gasteiger partial charge in [-0.15, -0.1) is 11.3 Å². The van der Waals surface area contributed by atoms with Crippen molar-refractivity contribution in [2.24, 2.45) is 0 Å². The van der Waals surface area contributed by atoms with Gasteiger partial charge >= 0.3 is 0 Å². The molecule has 0 radical (unpaired) electrons. The lowest BCUT2D eigenvalue weighted by Gasteiger charge is -2.39. The Hall–Kier alpha value is -0.490. The van der Waals surface area contributed by atoms with Gasteiger partial charge in [0.1, 0.15) is 0 Å². The average molecular weight is 336 g/mol. The van der Waals surface area contributed by atoms with Crippen molar-refractivity contribution < 1.29 is 4.74 Å². The van der Waals surface area contributed by atoms with Gasteiger partial charge in [-0.3, -0.25) is 9.80 Å². The third-order valence-electron chi connectivity index (χ3n) is 5.78. The van der Waals surface area contributed by atoms with Crippen molar-refractivity contribution in [3.63, 3.8) is 0 Å². The van der Waals surface area contributed by atoms with Crippen LogP contribution < -0.4 is 0 Å². The predicted octanol–water partition coefficient (Wildman–Crippen LogP) is 3.10. The first-order valence-electron chi connectivity index (χ1n) is 9.37. The summed E-state index contributed by atoms with van der Waals surface area (Å²) in [4.78, 5) is 10.2. The second-order valence-corrected chi connectivity index (χ2v) is 8.20. The molecule has 4 rings (SSSR count). The summed E-state index contributed by atoms with van der Waals surface area (Å²) in [7, 11) is 0. The standard InChI is InChI=1S/C18H29N3OS/c1-2-4-15(3-1)18-19-16(14-23-18)13-20-7-5-17(6-8-20)21-9-11-22-12-10-21/h14-15,17H,1-13H2. The first-order valence-corrected chi connectivity index (χ1v) is 10.2. The van der Waals surface area contributed by atoms with Gasteiger partial charge in [-0.1, -0.05) is 12.8 Å². The number of thiazole rings is 1. The first kappa shape index (κ1) is 16.0. The molecule has 3 fully saturated rings. The third-order valence-corrected chi connectivity index (χ3v) is 6.83. The van der Waals surface area contributed by atoms with Gasteiger partial charge in [0, 0.05) is 50.1 Å². The number of likely N-dealkylation sites (tertiary alicyclic amines) is 1. The lowest BCUT2D eigenvalue weighted by Crippen LogP contribution is -2.48. The molecule has 23 heavy (non-hydrogen) atoms. The molecule has 1 saturated carbocycles. The number of morpholine rings is 1. The van der Waals surface area contributed by atoms with Gasteiger partial charge in [-0.2, -0.15) is 0 Å². The lowest BCUT2D eigenvalue weighted by molar-refractivity contribution is 0.000147. The molecular formula is C18H29N3OS. The Balaban J connectivity index is 1.26. The van der Waals surface area contributed by atoms with E-state index in [1.807, 2.05) is 11.3 Å². The van der Waals surface area contributed by atoms with Crippen LogP contribution >= 0.6 is 11.3 Å². The van der Waals surface area contributed by atoms with E-state index in [1.54, 1.807) is 0 Å². The summed E-state index contributed by atoms with van der Waals surface area (Å²) in [6.07, 6.45) is 8.12. The van der Waals surface area contributed by atoms with Crippen LogP contribution in [0, 0.1) is 0 Å².